The summed E-state index contributed by atoms with van der Waals surface area (Å²) in [6, 6.07) is 13.5. The van der Waals surface area contributed by atoms with E-state index >= 15 is 0 Å². The molecule has 1 amide bonds. The van der Waals surface area contributed by atoms with Crippen molar-refractivity contribution in [2.45, 2.75) is 12.6 Å². The molecule has 0 atom stereocenters. The Kier molecular flexibility index (Phi) is 6.44. The summed E-state index contributed by atoms with van der Waals surface area (Å²) in [5.74, 6) is 0.234. The third-order valence-electron chi connectivity index (χ3n) is 5.83. The van der Waals surface area contributed by atoms with Gasteiger partial charge in [-0.1, -0.05) is 12.1 Å². The van der Waals surface area contributed by atoms with Crippen LogP contribution in [-0.4, -0.2) is 56.1 Å². The molecule has 0 spiro atoms. The Morgan fingerprint density at radius 3 is 2.28 bits per heavy atom. The highest BCUT2D eigenvalue weighted by Crippen LogP contribution is 2.28. The molecule has 0 bridgehead atoms. The summed E-state index contributed by atoms with van der Waals surface area (Å²) in [7, 11) is 0. The Balaban J connectivity index is 1.17. The van der Waals surface area contributed by atoms with Gasteiger partial charge in [0, 0.05) is 55.9 Å². The zero-order chi connectivity index (χ0) is 25.3. The maximum atomic E-state index is 13.1. The second-order valence-corrected chi connectivity index (χ2v) is 9.00. The number of anilines is 1. The van der Waals surface area contributed by atoms with E-state index in [9.17, 15) is 22.4 Å². The number of amides is 1. The van der Waals surface area contributed by atoms with Gasteiger partial charge in [0.25, 0.3) is 5.91 Å². The minimum Gasteiger partial charge on any atom is -0.343 e. The van der Waals surface area contributed by atoms with Crippen molar-refractivity contribution in [3.63, 3.8) is 0 Å². The number of alkyl halides is 3. The highest BCUT2D eigenvalue weighted by atomic mass is 32.1. The average molecular weight is 517 g/mol. The summed E-state index contributed by atoms with van der Waals surface area (Å²) >= 11 is 1.30. The van der Waals surface area contributed by atoms with Gasteiger partial charge < -0.3 is 9.80 Å². The van der Waals surface area contributed by atoms with Crippen molar-refractivity contribution >= 4 is 22.6 Å². The lowest BCUT2D eigenvalue weighted by molar-refractivity contribution is -0.141. The molecule has 0 saturated carbocycles. The van der Waals surface area contributed by atoms with Crippen molar-refractivity contribution in [2.75, 3.05) is 31.1 Å². The molecule has 0 radical (unpaired) electrons. The number of benzene rings is 2. The summed E-state index contributed by atoms with van der Waals surface area (Å²) in [5.41, 5.74) is 0.835. The van der Waals surface area contributed by atoms with Crippen molar-refractivity contribution in [1.29, 1.82) is 0 Å². The van der Waals surface area contributed by atoms with Gasteiger partial charge in [-0.3, -0.25) is 4.79 Å². The Morgan fingerprint density at radius 1 is 0.944 bits per heavy atom. The number of piperazine rings is 1. The van der Waals surface area contributed by atoms with Crippen LogP contribution in [-0.2, 0) is 12.6 Å². The predicted octanol–water partition coefficient (Wildman–Crippen LogP) is 4.43. The first kappa shape index (κ1) is 23.9. The quantitative estimate of drug-likeness (QED) is 0.367. The lowest BCUT2D eigenvalue weighted by Gasteiger charge is -2.34. The zero-order valence-electron chi connectivity index (χ0n) is 18.8. The van der Waals surface area contributed by atoms with E-state index in [-0.39, 0.29) is 11.7 Å². The zero-order valence-corrected chi connectivity index (χ0v) is 19.6. The molecule has 12 heteroatoms. The number of carbonyl (C=O) groups excluding carboxylic acids is 1. The van der Waals surface area contributed by atoms with Crippen LogP contribution in [0.15, 0.2) is 60.8 Å². The normalized spacial score (nSPS) is 14.3. The first-order chi connectivity index (χ1) is 17.3. The summed E-state index contributed by atoms with van der Waals surface area (Å²) in [5, 5.41) is 4.33. The molecule has 1 aliphatic heterocycles. The topological polar surface area (TPSA) is 67.2 Å². The number of halogens is 4. The van der Waals surface area contributed by atoms with Gasteiger partial charge in [-0.05, 0) is 48.0 Å². The molecule has 2 aromatic carbocycles. The largest absolute Gasteiger partial charge is 0.435 e. The first-order valence-corrected chi connectivity index (χ1v) is 11.9. The molecule has 1 aliphatic rings. The van der Waals surface area contributed by atoms with Gasteiger partial charge in [0.05, 0.1) is 5.69 Å². The Morgan fingerprint density at radius 2 is 1.64 bits per heavy atom. The van der Waals surface area contributed by atoms with Crippen molar-refractivity contribution < 1.29 is 22.4 Å². The van der Waals surface area contributed by atoms with Crippen LogP contribution in [0, 0.1) is 5.82 Å². The second-order valence-electron chi connectivity index (χ2n) is 8.27. The van der Waals surface area contributed by atoms with Crippen LogP contribution in [0.5, 0.6) is 0 Å². The molecule has 3 heterocycles. The lowest BCUT2D eigenvalue weighted by Crippen LogP contribution is -2.48. The molecule has 1 fully saturated rings. The Hall–Kier alpha value is -3.80. The molecule has 7 nitrogen and oxygen atoms in total. The molecule has 0 unspecified atom stereocenters. The van der Waals surface area contributed by atoms with Gasteiger partial charge in [0.2, 0.25) is 5.13 Å². The fourth-order valence-electron chi connectivity index (χ4n) is 3.89. The monoisotopic (exact) mass is 516 g/mol. The summed E-state index contributed by atoms with van der Waals surface area (Å²) < 4.78 is 57.0. The van der Waals surface area contributed by atoms with E-state index in [0.717, 1.165) is 21.4 Å². The van der Waals surface area contributed by atoms with Crippen LogP contribution in [0.4, 0.5) is 22.7 Å². The molecule has 4 aromatic rings. The van der Waals surface area contributed by atoms with Crippen LogP contribution in [0.1, 0.15) is 27.4 Å². The lowest BCUT2D eigenvalue weighted by atomic mass is 10.1. The molecular weight excluding hydrogens is 496 g/mol. The molecule has 0 N–H and O–H groups in total. The fraction of sp³-hybridized carbons (Fsp3) is 0.250. The number of hydrogen-bond acceptors (Lipinski definition) is 6. The maximum absolute atomic E-state index is 13.1. The third kappa shape index (κ3) is 5.23. The van der Waals surface area contributed by atoms with Crippen LogP contribution >= 0.6 is 11.5 Å². The van der Waals surface area contributed by atoms with Crippen molar-refractivity contribution in [2.24, 2.45) is 0 Å². The highest BCUT2D eigenvalue weighted by molar-refractivity contribution is 7.09. The Labute approximate surface area is 207 Å². The van der Waals surface area contributed by atoms with E-state index in [2.05, 4.69) is 19.4 Å². The van der Waals surface area contributed by atoms with Gasteiger partial charge >= 0.3 is 6.18 Å². The third-order valence-corrected chi connectivity index (χ3v) is 6.64. The first-order valence-electron chi connectivity index (χ1n) is 11.1. The summed E-state index contributed by atoms with van der Waals surface area (Å²) in [6.07, 6.45) is -2.76. The second kappa shape index (κ2) is 9.69. The van der Waals surface area contributed by atoms with E-state index in [1.54, 1.807) is 41.3 Å². The fourth-order valence-corrected chi connectivity index (χ4v) is 4.63. The average Bonchev–Trinajstić information content (AvgIpc) is 3.56. The van der Waals surface area contributed by atoms with Crippen LogP contribution in [0.2, 0.25) is 0 Å². The standard InChI is InChI=1S/C24H20F4N6OS/c25-18-5-1-16(2-6-18)15-21-29-23(36-31-21)33-13-11-32(12-14-33)22(35)17-3-7-19(8-4-17)34-10-9-20(30-34)24(26,27)28/h1-10H,11-15H2. The van der Waals surface area contributed by atoms with E-state index in [1.165, 1.54) is 29.9 Å². The van der Waals surface area contributed by atoms with Crippen molar-refractivity contribution in [3.8, 4) is 5.69 Å². The smallest absolute Gasteiger partial charge is 0.343 e. The Bertz CT molecular complexity index is 1340. The molecular formula is C24H20F4N6OS. The van der Waals surface area contributed by atoms with Crippen LogP contribution in [0.25, 0.3) is 5.69 Å². The van der Waals surface area contributed by atoms with E-state index in [0.29, 0.717) is 49.7 Å². The number of rotatable bonds is 5. The van der Waals surface area contributed by atoms with E-state index in [4.69, 9.17) is 0 Å². The van der Waals surface area contributed by atoms with Gasteiger partial charge in [-0.25, -0.2) is 14.1 Å². The number of nitrogens with zero attached hydrogens (tertiary/aromatic N) is 6. The number of aromatic nitrogens is 4. The van der Waals surface area contributed by atoms with Gasteiger partial charge in [-0.15, -0.1) is 0 Å². The summed E-state index contributed by atoms with van der Waals surface area (Å²) in [6.45, 7) is 2.20. The van der Waals surface area contributed by atoms with Gasteiger partial charge in [-0.2, -0.15) is 22.6 Å². The molecule has 0 aliphatic carbocycles. The minimum absolute atomic E-state index is 0.146. The van der Waals surface area contributed by atoms with Crippen LogP contribution in [0.3, 0.4) is 0 Å². The highest BCUT2D eigenvalue weighted by Gasteiger charge is 2.33. The van der Waals surface area contributed by atoms with Crippen molar-refractivity contribution in [3.05, 3.63) is 89.3 Å². The van der Waals surface area contributed by atoms with Crippen molar-refractivity contribution in [1.82, 2.24) is 24.0 Å². The van der Waals surface area contributed by atoms with E-state index in [1.807, 2.05) is 0 Å². The number of carbonyl (C=O) groups is 1. The SMILES string of the molecule is O=C(c1ccc(-n2ccc(C(F)(F)F)n2)cc1)N1CCN(c2nc(Cc3ccc(F)cc3)ns2)CC1. The molecule has 5 rings (SSSR count). The minimum atomic E-state index is -4.51. The molecule has 1 saturated heterocycles. The van der Waals surface area contributed by atoms with Gasteiger partial charge in [0.15, 0.2) is 5.69 Å². The molecule has 36 heavy (non-hydrogen) atoms. The number of hydrogen-bond donors (Lipinski definition) is 0. The molecule has 186 valence electrons. The van der Waals surface area contributed by atoms with Gasteiger partial charge in [0.1, 0.15) is 11.6 Å². The van der Waals surface area contributed by atoms with E-state index < -0.39 is 11.9 Å². The predicted molar refractivity (Wildman–Crippen MR) is 126 cm³/mol. The maximum Gasteiger partial charge on any atom is 0.435 e. The van der Waals surface area contributed by atoms with Crippen LogP contribution < -0.4 is 4.90 Å². The summed E-state index contributed by atoms with van der Waals surface area (Å²) in [4.78, 5) is 21.4. The molecule has 2 aromatic heterocycles.